The second-order valence-corrected chi connectivity index (χ2v) is 3.84. The maximum atomic E-state index is 10.8. The first-order chi connectivity index (χ1) is 4.96. The normalized spacial score (nSPS) is 34.1. The standard InChI is InChI=1S/C9H14O2/c1-4-5-9(7(10)11)6-8(9,2)3/h4-5H,6H2,1-3H3,(H,10,11)/b5-4+. The van der Waals surface area contributed by atoms with E-state index in [1.807, 2.05) is 26.8 Å². The fourth-order valence-corrected chi connectivity index (χ4v) is 1.66. The van der Waals surface area contributed by atoms with Crippen LogP contribution in [-0.2, 0) is 4.79 Å². The van der Waals surface area contributed by atoms with Gasteiger partial charge < -0.3 is 5.11 Å². The SMILES string of the molecule is C/C=C/C1(C(=O)O)CC1(C)C. The molecule has 1 rings (SSSR count). The van der Waals surface area contributed by atoms with Crippen molar-refractivity contribution < 1.29 is 9.90 Å². The lowest BCUT2D eigenvalue weighted by Gasteiger charge is -2.09. The van der Waals surface area contributed by atoms with E-state index in [2.05, 4.69) is 0 Å². The number of allylic oxidation sites excluding steroid dienone is 1. The molecule has 0 radical (unpaired) electrons. The van der Waals surface area contributed by atoms with Gasteiger partial charge in [0.1, 0.15) is 0 Å². The first kappa shape index (κ1) is 8.31. The molecule has 0 aromatic carbocycles. The lowest BCUT2D eigenvalue weighted by Crippen LogP contribution is -2.17. The van der Waals surface area contributed by atoms with Crippen LogP contribution in [-0.4, -0.2) is 11.1 Å². The lowest BCUT2D eigenvalue weighted by atomic mass is 9.96. The molecule has 0 aromatic rings. The van der Waals surface area contributed by atoms with Crippen LogP contribution in [0, 0.1) is 10.8 Å². The molecule has 0 saturated heterocycles. The zero-order valence-electron chi connectivity index (χ0n) is 7.22. The van der Waals surface area contributed by atoms with Crippen LogP contribution in [0.4, 0.5) is 0 Å². The van der Waals surface area contributed by atoms with Crippen molar-refractivity contribution in [1.29, 1.82) is 0 Å². The summed E-state index contributed by atoms with van der Waals surface area (Å²) in [7, 11) is 0. The van der Waals surface area contributed by atoms with Gasteiger partial charge >= 0.3 is 5.97 Å². The number of hydrogen-bond donors (Lipinski definition) is 1. The van der Waals surface area contributed by atoms with Gasteiger partial charge in [-0.1, -0.05) is 26.0 Å². The Hall–Kier alpha value is -0.790. The van der Waals surface area contributed by atoms with Crippen molar-refractivity contribution in [2.45, 2.75) is 27.2 Å². The zero-order valence-corrected chi connectivity index (χ0v) is 7.22. The van der Waals surface area contributed by atoms with Gasteiger partial charge in [-0.05, 0) is 18.8 Å². The molecule has 2 heteroatoms. The van der Waals surface area contributed by atoms with E-state index in [0.29, 0.717) is 0 Å². The van der Waals surface area contributed by atoms with Crippen molar-refractivity contribution in [3.63, 3.8) is 0 Å². The molecule has 1 fully saturated rings. The number of rotatable bonds is 2. The molecule has 2 nitrogen and oxygen atoms in total. The molecule has 0 amide bonds. The van der Waals surface area contributed by atoms with E-state index in [-0.39, 0.29) is 5.41 Å². The summed E-state index contributed by atoms with van der Waals surface area (Å²) < 4.78 is 0. The van der Waals surface area contributed by atoms with Crippen LogP contribution in [0.3, 0.4) is 0 Å². The molecule has 1 aliphatic rings. The summed E-state index contributed by atoms with van der Waals surface area (Å²) in [5, 5.41) is 8.92. The largest absolute Gasteiger partial charge is 0.481 e. The van der Waals surface area contributed by atoms with Gasteiger partial charge in [-0.2, -0.15) is 0 Å². The molecule has 0 aromatic heterocycles. The Bertz CT molecular complexity index is 216. The molecule has 1 aliphatic carbocycles. The van der Waals surface area contributed by atoms with Gasteiger partial charge in [0.2, 0.25) is 0 Å². The van der Waals surface area contributed by atoms with Gasteiger partial charge in [-0.25, -0.2) is 0 Å². The molecule has 62 valence electrons. The summed E-state index contributed by atoms with van der Waals surface area (Å²) in [4.78, 5) is 10.8. The van der Waals surface area contributed by atoms with E-state index >= 15 is 0 Å². The monoisotopic (exact) mass is 154 g/mol. The fourth-order valence-electron chi connectivity index (χ4n) is 1.66. The lowest BCUT2D eigenvalue weighted by molar-refractivity contribution is -0.142. The molecule has 0 spiro atoms. The van der Waals surface area contributed by atoms with Crippen molar-refractivity contribution >= 4 is 5.97 Å². The Morgan fingerprint density at radius 2 is 2.00 bits per heavy atom. The summed E-state index contributed by atoms with van der Waals surface area (Å²) in [5.74, 6) is -0.694. The van der Waals surface area contributed by atoms with E-state index in [1.54, 1.807) is 6.08 Å². The molecule has 1 N–H and O–H groups in total. The molecule has 1 saturated carbocycles. The molecule has 0 heterocycles. The number of aliphatic carboxylic acids is 1. The number of carbonyl (C=O) groups is 1. The van der Waals surface area contributed by atoms with Crippen LogP contribution in [0.15, 0.2) is 12.2 Å². The Morgan fingerprint density at radius 1 is 1.55 bits per heavy atom. The first-order valence-corrected chi connectivity index (χ1v) is 3.83. The Labute approximate surface area is 66.9 Å². The molecule has 1 atom stereocenters. The fraction of sp³-hybridized carbons (Fsp3) is 0.667. The molecule has 1 unspecified atom stereocenters. The first-order valence-electron chi connectivity index (χ1n) is 3.83. The van der Waals surface area contributed by atoms with Crippen LogP contribution in [0.5, 0.6) is 0 Å². The predicted octanol–water partition coefficient (Wildman–Crippen LogP) is 2.06. The third-order valence-corrected chi connectivity index (χ3v) is 2.64. The molecular formula is C9H14O2. The van der Waals surface area contributed by atoms with Crippen LogP contribution < -0.4 is 0 Å². The highest BCUT2D eigenvalue weighted by Gasteiger charge is 2.64. The molecular weight excluding hydrogens is 140 g/mol. The van der Waals surface area contributed by atoms with Gasteiger partial charge in [0.25, 0.3) is 0 Å². The topological polar surface area (TPSA) is 37.3 Å². The van der Waals surface area contributed by atoms with E-state index in [0.717, 1.165) is 6.42 Å². The van der Waals surface area contributed by atoms with Crippen LogP contribution in [0.2, 0.25) is 0 Å². The maximum absolute atomic E-state index is 10.8. The van der Waals surface area contributed by atoms with Crippen molar-refractivity contribution in [3.05, 3.63) is 12.2 Å². The van der Waals surface area contributed by atoms with Crippen molar-refractivity contribution in [1.82, 2.24) is 0 Å². The summed E-state index contributed by atoms with van der Waals surface area (Å²) in [6.07, 6.45) is 4.39. The Balaban J connectivity index is 2.88. The molecule has 0 aliphatic heterocycles. The van der Waals surface area contributed by atoms with Crippen molar-refractivity contribution in [3.8, 4) is 0 Å². The predicted molar refractivity (Wildman–Crippen MR) is 43.3 cm³/mol. The second-order valence-electron chi connectivity index (χ2n) is 3.84. The van der Waals surface area contributed by atoms with E-state index in [1.165, 1.54) is 0 Å². The summed E-state index contributed by atoms with van der Waals surface area (Å²) >= 11 is 0. The van der Waals surface area contributed by atoms with Crippen LogP contribution in [0.1, 0.15) is 27.2 Å². The molecule has 11 heavy (non-hydrogen) atoms. The Kier molecular flexibility index (Phi) is 1.58. The smallest absolute Gasteiger partial charge is 0.314 e. The van der Waals surface area contributed by atoms with Gasteiger partial charge in [0.15, 0.2) is 0 Å². The van der Waals surface area contributed by atoms with E-state index in [4.69, 9.17) is 5.11 Å². The second kappa shape index (κ2) is 2.10. The number of hydrogen-bond acceptors (Lipinski definition) is 1. The van der Waals surface area contributed by atoms with Gasteiger partial charge in [-0.3, -0.25) is 4.79 Å². The van der Waals surface area contributed by atoms with Crippen molar-refractivity contribution in [2.24, 2.45) is 10.8 Å². The van der Waals surface area contributed by atoms with Crippen LogP contribution >= 0.6 is 0 Å². The number of carboxylic acid groups (broad SMARTS) is 1. The summed E-state index contributed by atoms with van der Waals surface area (Å²) in [6, 6.07) is 0. The minimum atomic E-state index is -0.694. The maximum Gasteiger partial charge on any atom is 0.314 e. The Morgan fingerprint density at radius 3 is 2.09 bits per heavy atom. The third-order valence-electron chi connectivity index (χ3n) is 2.64. The summed E-state index contributed by atoms with van der Waals surface area (Å²) in [6.45, 7) is 5.83. The average molecular weight is 154 g/mol. The zero-order chi connectivity index (χ0) is 8.70. The highest BCUT2D eigenvalue weighted by atomic mass is 16.4. The number of carboxylic acids is 1. The highest BCUT2D eigenvalue weighted by molar-refractivity contribution is 5.82. The molecule has 0 bridgehead atoms. The van der Waals surface area contributed by atoms with Gasteiger partial charge in [0.05, 0.1) is 5.41 Å². The highest BCUT2D eigenvalue weighted by Crippen LogP contribution is 2.64. The quantitative estimate of drug-likeness (QED) is 0.618. The van der Waals surface area contributed by atoms with Crippen molar-refractivity contribution in [2.75, 3.05) is 0 Å². The minimum Gasteiger partial charge on any atom is -0.481 e. The minimum absolute atomic E-state index is 0.0503. The summed E-state index contributed by atoms with van der Waals surface area (Å²) in [5.41, 5.74) is -0.618. The van der Waals surface area contributed by atoms with E-state index < -0.39 is 11.4 Å². The average Bonchev–Trinajstić information content (AvgIpc) is 2.36. The van der Waals surface area contributed by atoms with Crippen LogP contribution in [0.25, 0.3) is 0 Å². The van der Waals surface area contributed by atoms with E-state index in [9.17, 15) is 4.79 Å². The van der Waals surface area contributed by atoms with Gasteiger partial charge in [-0.15, -0.1) is 0 Å². The third kappa shape index (κ3) is 0.971. The van der Waals surface area contributed by atoms with Gasteiger partial charge in [0, 0.05) is 0 Å².